The first-order valence-electron chi connectivity index (χ1n) is 8.44. The number of carbonyl (C=O) groups excluding carboxylic acids is 3. The van der Waals surface area contributed by atoms with Crippen LogP contribution >= 0.6 is 0 Å². The zero-order valence-corrected chi connectivity index (χ0v) is 15.1. The van der Waals surface area contributed by atoms with E-state index in [9.17, 15) is 27.6 Å². The van der Waals surface area contributed by atoms with Gasteiger partial charge in [0.25, 0.3) is 0 Å². The normalized spacial score (nSPS) is 17.0. The van der Waals surface area contributed by atoms with Gasteiger partial charge in [-0.25, -0.2) is 9.69 Å². The molecule has 0 radical (unpaired) electrons. The average Bonchev–Trinajstić information content (AvgIpc) is 2.68. The summed E-state index contributed by atoms with van der Waals surface area (Å²) in [6.07, 6.45) is -4.57. The number of hydrogen-bond acceptors (Lipinski definition) is 4. The van der Waals surface area contributed by atoms with E-state index in [1.165, 1.54) is 25.3 Å². The van der Waals surface area contributed by atoms with Gasteiger partial charge in [0.05, 0.1) is 18.4 Å². The Bertz CT molecular complexity index is 944. The van der Waals surface area contributed by atoms with E-state index in [2.05, 4.69) is 10.6 Å². The van der Waals surface area contributed by atoms with Crippen LogP contribution in [0.1, 0.15) is 5.56 Å². The van der Waals surface area contributed by atoms with Crippen molar-refractivity contribution in [1.82, 2.24) is 5.32 Å². The standard InChI is InChI=1S/C19H16F3N3O4/c1-29-14-7-5-13(6-8-14)25-17(27)15(10-23-18(25)28)16(26)24-12-4-2-3-11(9-12)19(20,21)22/h2-9,15H,10H2,1H3,(H,23,28)(H,24,26). The Labute approximate surface area is 163 Å². The Morgan fingerprint density at radius 3 is 2.48 bits per heavy atom. The number of alkyl halides is 3. The second-order valence-electron chi connectivity index (χ2n) is 6.18. The lowest BCUT2D eigenvalue weighted by atomic mass is 10.0. The Kier molecular flexibility index (Phi) is 5.44. The zero-order chi connectivity index (χ0) is 21.2. The molecule has 0 spiro atoms. The number of hydrogen-bond donors (Lipinski definition) is 2. The van der Waals surface area contributed by atoms with Crippen LogP contribution in [-0.4, -0.2) is 31.5 Å². The molecule has 0 saturated carbocycles. The molecular weight excluding hydrogens is 391 g/mol. The lowest BCUT2D eigenvalue weighted by molar-refractivity contribution is -0.137. The van der Waals surface area contributed by atoms with Crippen molar-refractivity contribution in [3.8, 4) is 5.75 Å². The summed E-state index contributed by atoms with van der Waals surface area (Å²) in [7, 11) is 1.46. The number of anilines is 2. The highest BCUT2D eigenvalue weighted by Crippen LogP contribution is 2.31. The maximum Gasteiger partial charge on any atom is 0.416 e. The number of rotatable bonds is 4. The largest absolute Gasteiger partial charge is 0.497 e. The molecule has 152 valence electrons. The fourth-order valence-corrected chi connectivity index (χ4v) is 2.79. The molecule has 2 aromatic rings. The number of nitrogens with zero attached hydrogens (tertiary/aromatic N) is 1. The Morgan fingerprint density at radius 2 is 1.86 bits per heavy atom. The second kappa shape index (κ2) is 7.82. The van der Waals surface area contributed by atoms with Gasteiger partial charge in [0.2, 0.25) is 11.8 Å². The van der Waals surface area contributed by atoms with E-state index in [1.54, 1.807) is 12.1 Å². The van der Waals surface area contributed by atoms with Gasteiger partial charge < -0.3 is 15.4 Å². The molecule has 0 aliphatic carbocycles. The summed E-state index contributed by atoms with van der Waals surface area (Å²) in [4.78, 5) is 38.2. The van der Waals surface area contributed by atoms with E-state index in [1.807, 2.05) is 0 Å². The fourth-order valence-electron chi connectivity index (χ4n) is 2.79. The number of nitrogens with one attached hydrogen (secondary N) is 2. The number of halogens is 3. The smallest absolute Gasteiger partial charge is 0.416 e. The van der Waals surface area contributed by atoms with Gasteiger partial charge in [-0.3, -0.25) is 9.59 Å². The van der Waals surface area contributed by atoms with Crippen LogP contribution in [0.15, 0.2) is 48.5 Å². The first-order valence-corrected chi connectivity index (χ1v) is 8.44. The lowest BCUT2D eigenvalue weighted by Crippen LogP contribution is -2.58. The molecule has 0 bridgehead atoms. The second-order valence-corrected chi connectivity index (χ2v) is 6.18. The Balaban J connectivity index is 1.79. The molecule has 1 heterocycles. The highest BCUT2D eigenvalue weighted by Gasteiger charge is 2.39. The van der Waals surface area contributed by atoms with Crippen LogP contribution in [0.2, 0.25) is 0 Å². The molecule has 2 aromatic carbocycles. The van der Waals surface area contributed by atoms with Gasteiger partial charge in [-0.15, -0.1) is 0 Å². The number of carbonyl (C=O) groups is 3. The maximum absolute atomic E-state index is 12.8. The summed E-state index contributed by atoms with van der Waals surface area (Å²) in [5.41, 5.74) is -0.811. The van der Waals surface area contributed by atoms with Gasteiger partial charge in [-0.05, 0) is 42.5 Å². The molecule has 1 atom stereocenters. The Hall–Kier alpha value is -3.56. The third-order valence-corrected chi connectivity index (χ3v) is 4.28. The van der Waals surface area contributed by atoms with E-state index in [0.29, 0.717) is 5.75 Å². The van der Waals surface area contributed by atoms with Crippen molar-refractivity contribution >= 4 is 29.2 Å². The third kappa shape index (κ3) is 4.31. The molecular formula is C19H16F3N3O4. The van der Waals surface area contributed by atoms with Crippen LogP contribution in [0.3, 0.4) is 0 Å². The summed E-state index contributed by atoms with van der Waals surface area (Å²) in [6, 6.07) is 9.39. The van der Waals surface area contributed by atoms with Crippen LogP contribution in [0.25, 0.3) is 0 Å². The van der Waals surface area contributed by atoms with Crippen molar-refractivity contribution in [2.24, 2.45) is 5.92 Å². The van der Waals surface area contributed by atoms with E-state index >= 15 is 0 Å². The van der Waals surface area contributed by atoms with Crippen LogP contribution in [-0.2, 0) is 15.8 Å². The van der Waals surface area contributed by atoms with Gasteiger partial charge in [0, 0.05) is 12.2 Å². The van der Waals surface area contributed by atoms with E-state index < -0.39 is 35.5 Å². The number of amides is 4. The predicted octanol–water partition coefficient (Wildman–Crippen LogP) is 3.03. The van der Waals surface area contributed by atoms with Crippen molar-refractivity contribution in [2.45, 2.75) is 6.18 Å². The Morgan fingerprint density at radius 1 is 1.17 bits per heavy atom. The fraction of sp³-hybridized carbons (Fsp3) is 0.211. The summed E-state index contributed by atoms with van der Waals surface area (Å²) in [5, 5.41) is 4.74. The van der Waals surface area contributed by atoms with Crippen LogP contribution in [0.4, 0.5) is 29.3 Å². The SMILES string of the molecule is COc1ccc(N2C(=O)NCC(C(=O)Nc3cccc(C(F)(F)F)c3)C2=O)cc1. The molecule has 2 N–H and O–H groups in total. The van der Waals surface area contributed by atoms with E-state index in [4.69, 9.17) is 4.74 Å². The molecule has 1 saturated heterocycles. The van der Waals surface area contributed by atoms with Crippen molar-refractivity contribution in [3.05, 3.63) is 54.1 Å². The van der Waals surface area contributed by atoms with Crippen molar-refractivity contribution in [2.75, 3.05) is 23.9 Å². The van der Waals surface area contributed by atoms with Crippen molar-refractivity contribution in [3.63, 3.8) is 0 Å². The van der Waals surface area contributed by atoms with Crippen molar-refractivity contribution in [1.29, 1.82) is 0 Å². The van der Waals surface area contributed by atoms with Gasteiger partial charge in [-0.2, -0.15) is 13.2 Å². The quantitative estimate of drug-likeness (QED) is 0.763. The molecule has 1 unspecified atom stereocenters. The minimum atomic E-state index is -4.57. The summed E-state index contributed by atoms with van der Waals surface area (Å²) >= 11 is 0. The van der Waals surface area contributed by atoms with Gasteiger partial charge >= 0.3 is 12.2 Å². The number of urea groups is 1. The topological polar surface area (TPSA) is 87.7 Å². The first kappa shape index (κ1) is 20.2. The molecule has 4 amide bonds. The van der Waals surface area contributed by atoms with E-state index in [0.717, 1.165) is 23.1 Å². The van der Waals surface area contributed by atoms with Gasteiger partial charge in [-0.1, -0.05) is 6.07 Å². The number of ether oxygens (including phenoxy) is 1. The maximum atomic E-state index is 12.8. The van der Waals surface area contributed by atoms with E-state index in [-0.39, 0.29) is 17.9 Å². The lowest BCUT2D eigenvalue weighted by Gasteiger charge is -2.30. The number of imide groups is 1. The molecule has 1 fully saturated rings. The van der Waals surface area contributed by atoms with Crippen LogP contribution in [0, 0.1) is 5.92 Å². The molecule has 3 rings (SSSR count). The van der Waals surface area contributed by atoms with Gasteiger partial charge in [0.15, 0.2) is 0 Å². The molecule has 10 heteroatoms. The minimum Gasteiger partial charge on any atom is -0.497 e. The predicted molar refractivity (Wildman–Crippen MR) is 97.4 cm³/mol. The zero-order valence-electron chi connectivity index (χ0n) is 15.1. The average molecular weight is 407 g/mol. The molecule has 1 aliphatic rings. The highest BCUT2D eigenvalue weighted by atomic mass is 19.4. The monoisotopic (exact) mass is 407 g/mol. The summed E-state index contributed by atoms with van der Waals surface area (Å²) < 4.78 is 43.5. The van der Waals surface area contributed by atoms with Gasteiger partial charge in [0.1, 0.15) is 11.7 Å². The number of benzene rings is 2. The summed E-state index contributed by atoms with van der Waals surface area (Å²) in [5.74, 6) is -2.40. The molecule has 7 nitrogen and oxygen atoms in total. The molecule has 1 aliphatic heterocycles. The van der Waals surface area contributed by atoms with Crippen LogP contribution in [0.5, 0.6) is 5.75 Å². The minimum absolute atomic E-state index is 0.106. The number of methoxy groups -OCH3 is 1. The van der Waals surface area contributed by atoms with Crippen molar-refractivity contribution < 1.29 is 32.3 Å². The summed E-state index contributed by atoms with van der Waals surface area (Å²) in [6.45, 7) is -0.269. The molecule has 0 aromatic heterocycles. The molecule has 29 heavy (non-hydrogen) atoms. The first-order chi connectivity index (χ1) is 13.7. The highest BCUT2D eigenvalue weighted by molar-refractivity contribution is 6.23. The third-order valence-electron chi connectivity index (χ3n) is 4.28. The van der Waals surface area contributed by atoms with Crippen LogP contribution < -0.4 is 20.3 Å².